The molecule has 0 aliphatic carbocycles. The van der Waals surface area contributed by atoms with Crippen molar-refractivity contribution in [1.82, 2.24) is 24.7 Å². The molecule has 1 aliphatic rings. The van der Waals surface area contributed by atoms with Gasteiger partial charge in [0.25, 0.3) is 0 Å². The first kappa shape index (κ1) is 19.4. The maximum atomic E-state index is 13.3. The van der Waals surface area contributed by atoms with Crippen LogP contribution >= 0.6 is 23.5 Å². The number of aromatic nitrogens is 5. The number of rotatable bonds is 4. The Morgan fingerprint density at radius 2 is 1.77 bits per heavy atom. The van der Waals surface area contributed by atoms with E-state index in [1.807, 2.05) is 30.3 Å². The van der Waals surface area contributed by atoms with Gasteiger partial charge in [-0.2, -0.15) is 13.2 Å². The fourth-order valence-corrected chi connectivity index (χ4v) is 5.64. The monoisotopic (exact) mass is 445 g/mol. The Kier molecular flexibility index (Phi) is 4.90. The minimum atomic E-state index is -4.59. The molecular formula is C20H14F3N5S2. The molecule has 30 heavy (non-hydrogen) atoms. The van der Waals surface area contributed by atoms with Crippen LogP contribution in [0.3, 0.4) is 0 Å². The lowest BCUT2D eigenvalue weighted by atomic mass is 10.2. The van der Waals surface area contributed by atoms with Crippen LogP contribution in [0.25, 0.3) is 22.3 Å². The normalized spacial score (nSPS) is 16.2. The molecule has 0 spiro atoms. The van der Waals surface area contributed by atoms with Gasteiger partial charge in [0.1, 0.15) is 5.03 Å². The molecule has 4 aromatic rings. The quantitative estimate of drug-likeness (QED) is 0.312. The third-order valence-electron chi connectivity index (χ3n) is 4.70. The first-order valence-electron chi connectivity index (χ1n) is 9.10. The highest BCUT2D eigenvalue weighted by molar-refractivity contribution is 8.00. The molecule has 0 N–H and O–H groups in total. The smallest absolute Gasteiger partial charge is 0.297 e. The third kappa shape index (κ3) is 3.54. The average molecular weight is 445 g/mol. The predicted octanol–water partition coefficient (Wildman–Crippen LogP) is 5.35. The molecule has 0 bridgehead atoms. The molecule has 1 atom stereocenters. The summed E-state index contributed by atoms with van der Waals surface area (Å²) in [5, 5.41) is 10.4. The highest BCUT2D eigenvalue weighted by Crippen LogP contribution is 2.40. The average Bonchev–Trinajstić information content (AvgIpc) is 3.34. The molecule has 152 valence electrons. The number of nitrogens with zero attached hydrogens (tertiary/aromatic N) is 5. The van der Waals surface area contributed by atoms with Crippen LogP contribution in [0.5, 0.6) is 0 Å². The first-order valence-corrected chi connectivity index (χ1v) is 11.1. The van der Waals surface area contributed by atoms with Gasteiger partial charge >= 0.3 is 6.18 Å². The Labute approximate surface area is 178 Å². The molecule has 0 radical (unpaired) electrons. The molecular weight excluding hydrogens is 431 g/mol. The zero-order valence-electron chi connectivity index (χ0n) is 15.4. The van der Waals surface area contributed by atoms with Crippen molar-refractivity contribution < 1.29 is 13.2 Å². The van der Waals surface area contributed by atoms with Gasteiger partial charge in [-0.05, 0) is 6.07 Å². The molecule has 2 aromatic heterocycles. The molecule has 1 unspecified atom stereocenters. The zero-order valence-corrected chi connectivity index (χ0v) is 17.0. The Balaban J connectivity index is 1.47. The van der Waals surface area contributed by atoms with Gasteiger partial charge < -0.3 is 0 Å². The van der Waals surface area contributed by atoms with E-state index in [1.165, 1.54) is 11.8 Å². The molecule has 0 saturated heterocycles. The summed E-state index contributed by atoms with van der Waals surface area (Å²) in [6, 6.07) is 16.6. The predicted molar refractivity (Wildman–Crippen MR) is 110 cm³/mol. The van der Waals surface area contributed by atoms with Crippen LogP contribution in [0.2, 0.25) is 0 Å². The van der Waals surface area contributed by atoms with Gasteiger partial charge in [0, 0.05) is 22.5 Å². The van der Waals surface area contributed by atoms with Crippen LogP contribution in [0.1, 0.15) is 11.9 Å². The summed E-state index contributed by atoms with van der Waals surface area (Å²) >= 11 is 2.91. The largest absolute Gasteiger partial charge is 0.451 e. The topological polar surface area (TPSA) is 56.5 Å². The van der Waals surface area contributed by atoms with Crippen molar-refractivity contribution in [1.29, 1.82) is 0 Å². The minimum absolute atomic E-state index is 0.0447. The van der Waals surface area contributed by atoms with Crippen molar-refractivity contribution in [3.63, 3.8) is 0 Å². The van der Waals surface area contributed by atoms with Crippen LogP contribution in [0.15, 0.2) is 64.8 Å². The van der Waals surface area contributed by atoms with E-state index in [-0.39, 0.29) is 11.6 Å². The van der Waals surface area contributed by atoms with Gasteiger partial charge in [0.15, 0.2) is 11.0 Å². The van der Waals surface area contributed by atoms with E-state index in [9.17, 15) is 13.2 Å². The summed E-state index contributed by atoms with van der Waals surface area (Å²) in [5.74, 6) is 0.993. The molecule has 5 rings (SSSR count). The van der Waals surface area contributed by atoms with Gasteiger partial charge in [0.2, 0.25) is 5.82 Å². The SMILES string of the molecule is FC(F)(F)c1nc(SCC2CSc3nnc(-c4ccccc4)n32)c2ccccc2n1. The van der Waals surface area contributed by atoms with E-state index in [4.69, 9.17) is 0 Å². The minimum Gasteiger partial charge on any atom is -0.297 e. The van der Waals surface area contributed by atoms with E-state index in [1.54, 1.807) is 36.0 Å². The molecule has 2 aromatic carbocycles. The molecule has 10 heteroatoms. The maximum absolute atomic E-state index is 13.3. The van der Waals surface area contributed by atoms with Gasteiger partial charge in [-0.15, -0.1) is 22.0 Å². The van der Waals surface area contributed by atoms with E-state index >= 15 is 0 Å². The van der Waals surface area contributed by atoms with Crippen molar-refractivity contribution in [2.24, 2.45) is 0 Å². The van der Waals surface area contributed by atoms with E-state index in [2.05, 4.69) is 24.7 Å². The van der Waals surface area contributed by atoms with Crippen molar-refractivity contribution in [2.75, 3.05) is 11.5 Å². The third-order valence-corrected chi connectivity index (χ3v) is 6.92. The van der Waals surface area contributed by atoms with Gasteiger partial charge in [-0.3, -0.25) is 4.57 Å². The number of para-hydroxylation sites is 1. The highest BCUT2D eigenvalue weighted by atomic mass is 32.2. The number of alkyl halides is 3. The lowest BCUT2D eigenvalue weighted by molar-refractivity contribution is -0.145. The number of halogens is 3. The molecule has 0 saturated carbocycles. The lowest BCUT2D eigenvalue weighted by Gasteiger charge is -2.15. The van der Waals surface area contributed by atoms with Crippen molar-refractivity contribution in [2.45, 2.75) is 22.4 Å². The number of hydrogen-bond acceptors (Lipinski definition) is 6. The Morgan fingerprint density at radius 1 is 1.00 bits per heavy atom. The van der Waals surface area contributed by atoms with Crippen LogP contribution in [0, 0.1) is 0 Å². The summed E-state index contributed by atoms with van der Waals surface area (Å²) in [4.78, 5) is 7.53. The molecule has 0 fully saturated rings. The van der Waals surface area contributed by atoms with Crippen LogP contribution < -0.4 is 0 Å². The Hall–Kier alpha value is -2.59. The van der Waals surface area contributed by atoms with E-state index < -0.39 is 12.0 Å². The number of benzene rings is 2. The maximum Gasteiger partial charge on any atom is 0.451 e. The summed E-state index contributed by atoms with van der Waals surface area (Å²) in [6.07, 6.45) is -4.59. The zero-order chi connectivity index (χ0) is 20.7. The number of hydrogen-bond donors (Lipinski definition) is 0. The molecule has 0 amide bonds. The van der Waals surface area contributed by atoms with Gasteiger partial charge in [-0.1, -0.05) is 60.3 Å². The fraction of sp³-hybridized carbons (Fsp3) is 0.200. The Bertz CT molecular complexity index is 1210. The number of thioether (sulfide) groups is 2. The first-order chi connectivity index (χ1) is 14.5. The number of fused-ring (bicyclic) bond motifs is 2. The summed E-state index contributed by atoms with van der Waals surface area (Å²) in [6.45, 7) is 0. The second-order valence-corrected chi connectivity index (χ2v) is 8.68. The second kappa shape index (κ2) is 7.59. The summed E-state index contributed by atoms with van der Waals surface area (Å²) < 4.78 is 41.9. The highest BCUT2D eigenvalue weighted by Gasteiger charge is 2.36. The van der Waals surface area contributed by atoms with Crippen LogP contribution in [-0.4, -0.2) is 36.2 Å². The molecule has 1 aliphatic heterocycles. The van der Waals surface area contributed by atoms with Crippen molar-refractivity contribution in [3.05, 3.63) is 60.4 Å². The van der Waals surface area contributed by atoms with E-state index in [0.717, 1.165) is 22.3 Å². The summed E-state index contributed by atoms with van der Waals surface area (Å²) in [5.41, 5.74) is 1.25. The van der Waals surface area contributed by atoms with E-state index in [0.29, 0.717) is 16.2 Å². The lowest BCUT2D eigenvalue weighted by Crippen LogP contribution is -2.13. The summed E-state index contributed by atoms with van der Waals surface area (Å²) in [7, 11) is 0. The molecule has 3 heterocycles. The second-order valence-electron chi connectivity index (χ2n) is 6.69. The molecule has 5 nitrogen and oxygen atoms in total. The Morgan fingerprint density at radius 3 is 2.57 bits per heavy atom. The van der Waals surface area contributed by atoms with Crippen molar-refractivity contribution in [3.8, 4) is 11.4 Å². The van der Waals surface area contributed by atoms with Crippen LogP contribution in [-0.2, 0) is 6.18 Å². The van der Waals surface area contributed by atoms with Crippen LogP contribution in [0.4, 0.5) is 13.2 Å². The standard InChI is InChI=1S/C20H14F3N5S2/c21-20(22,23)18-24-15-9-5-4-8-14(15)17(25-18)29-10-13-11-30-19-27-26-16(28(13)19)12-6-2-1-3-7-12/h1-9,13H,10-11H2. The van der Waals surface area contributed by atoms with Gasteiger partial charge in [0.05, 0.1) is 11.6 Å². The van der Waals surface area contributed by atoms with Gasteiger partial charge in [-0.25, -0.2) is 9.97 Å². The fourth-order valence-electron chi connectivity index (χ4n) is 3.32. The van der Waals surface area contributed by atoms with Crippen molar-refractivity contribution >= 4 is 34.4 Å².